The second-order valence-electron chi connectivity index (χ2n) is 6.14. The Kier molecular flexibility index (Phi) is 6.90. The summed E-state index contributed by atoms with van der Waals surface area (Å²) in [6, 6.07) is 4.87. The summed E-state index contributed by atoms with van der Waals surface area (Å²) in [4.78, 5) is 26.6. The van der Waals surface area contributed by atoms with Crippen molar-refractivity contribution in [3.05, 3.63) is 28.2 Å². The molecule has 0 saturated carbocycles. The summed E-state index contributed by atoms with van der Waals surface area (Å²) in [7, 11) is 0. The van der Waals surface area contributed by atoms with E-state index in [1.54, 1.807) is 23.1 Å². The fourth-order valence-electron chi connectivity index (χ4n) is 2.65. The number of carbonyl (C=O) groups is 2. The molecule has 1 fully saturated rings. The predicted octanol–water partition coefficient (Wildman–Crippen LogP) is 3.03. The van der Waals surface area contributed by atoms with E-state index in [1.807, 2.05) is 13.8 Å². The molecule has 0 aliphatic carbocycles. The third-order valence-electron chi connectivity index (χ3n) is 4.25. The van der Waals surface area contributed by atoms with Gasteiger partial charge in [-0.1, -0.05) is 37.0 Å². The van der Waals surface area contributed by atoms with Crippen molar-refractivity contribution in [1.29, 1.82) is 0 Å². The molecule has 0 bridgehead atoms. The SMILES string of the molecule is CCCN(CC(=O)Nc1cc(Cl)ccc1Cl)C(=O)C(C)C1CNC1. The molecule has 1 aliphatic heterocycles. The van der Waals surface area contributed by atoms with Crippen LogP contribution in [0.4, 0.5) is 5.69 Å². The lowest BCUT2D eigenvalue weighted by molar-refractivity contribution is -0.140. The molecule has 5 nitrogen and oxygen atoms in total. The Labute approximate surface area is 152 Å². The summed E-state index contributed by atoms with van der Waals surface area (Å²) in [5, 5.41) is 6.81. The van der Waals surface area contributed by atoms with Crippen molar-refractivity contribution in [2.45, 2.75) is 20.3 Å². The van der Waals surface area contributed by atoms with E-state index in [0.717, 1.165) is 19.5 Å². The molecular weight excluding hydrogens is 349 g/mol. The van der Waals surface area contributed by atoms with Crippen LogP contribution in [0.2, 0.25) is 10.0 Å². The average molecular weight is 372 g/mol. The third kappa shape index (κ3) is 4.85. The summed E-state index contributed by atoms with van der Waals surface area (Å²) in [6.07, 6.45) is 0.798. The van der Waals surface area contributed by atoms with E-state index in [-0.39, 0.29) is 24.3 Å². The standard InChI is InChI=1S/C17H23Cl2N3O2/c1-3-6-22(17(24)11(2)12-8-20-9-12)10-16(23)21-15-7-13(18)4-5-14(15)19/h4-5,7,11-12,20H,3,6,8-10H2,1-2H3,(H,21,23). The molecule has 1 saturated heterocycles. The highest BCUT2D eigenvalue weighted by atomic mass is 35.5. The van der Waals surface area contributed by atoms with Crippen molar-refractivity contribution in [3.8, 4) is 0 Å². The van der Waals surface area contributed by atoms with Gasteiger partial charge >= 0.3 is 0 Å². The lowest BCUT2D eigenvalue weighted by Crippen LogP contribution is -2.51. The van der Waals surface area contributed by atoms with Crippen LogP contribution in [0.5, 0.6) is 0 Å². The van der Waals surface area contributed by atoms with Gasteiger partial charge in [0.25, 0.3) is 0 Å². The second-order valence-corrected chi connectivity index (χ2v) is 6.98. The summed E-state index contributed by atoms with van der Waals surface area (Å²) < 4.78 is 0. The van der Waals surface area contributed by atoms with Crippen LogP contribution in [0.15, 0.2) is 18.2 Å². The number of nitrogens with zero attached hydrogens (tertiary/aromatic N) is 1. The van der Waals surface area contributed by atoms with Gasteiger partial charge in [0.05, 0.1) is 17.3 Å². The molecule has 0 radical (unpaired) electrons. The van der Waals surface area contributed by atoms with E-state index in [1.165, 1.54) is 0 Å². The van der Waals surface area contributed by atoms with E-state index >= 15 is 0 Å². The van der Waals surface area contributed by atoms with Crippen molar-refractivity contribution in [3.63, 3.8) is 0 Å². The van der Waals surface area contributed by atoms with Gasteiger partial charge in [0.2, 0.25) is 11.8 Å². The zero-order chi connectivity index (χ0) is 17.7. The first-order chi connectivity index (χ1) is 11.4. The van der Waals surface area contributed by atoms with Gasteiger partial charge in [0.1, 0.15) is 0 Å². The molecule has 2 amide bonds. The van der Waals surface area contributed by atoms with Crippen LogP contribution in [0.1, 0.15) is 20.3 Å². The van der Waals surface area contributed by atoms with Crippen LogP contribution in [-0.2, 0) is 9.59 Å². The Hall–Kier alpha value is -1.30. The predicted molar refractivity (Wildman–Crippen MR) is 97.5 cm³/mol. The first-order valence-electron chi connectivity index (χ1n) is 8.16. The molecule has 0 spiro atoms. The van der Waals surface area contributed by atoms with Crippen LogP contribution in [0.3, 0.4) is 0 Å². The highest BCUT2D eigenvalue weighted by Crippen LogP contribution is 2.25. The molecule has 1 unspecified atom stereocenters. The Morgan fingerprint density at radius 1 is 1.38 bits per heavy atom. The van der Waals surface area contributed by atoms with Gasteiger partial charge in [-0.2, -0.15) is 0 Å². The summed E-state index contributed by atoms with van der Waals surface area (Å²) in [6.45, 7) is 6.21. The van der Waals surface area contributed by atoms with Crippen molar-refractivity contribution >= 4 is 40.7 Å². The monoisotopic (exact) mass is 371 g/mol. The highest BCUT2D eigenvalue weighted by molar-refractivity contribution is 6.35. The molecule has 0 aromatic heterocycles. The second kappa shape index (κ2) is 8.70. The van der Waals surface area contributed by atoms with Crippen molar-refractivity contribution in [2.75, 3.05) is 31.5 Å². The molecule has 1 aromatic rings. The molecule has 1 heterocycles. The largest absolute Gasteiger partial charge is 0.333 e. The number of rotatable bonds is 7. The Morgan fingerprint density at radius 2 is 2.08 bits per heavy atom. The maximum Gasteiger partial charge on any atom is 0.244 e. The van der Waals surface area contributed by atoms with Crippen LogP contribution < -0.4 is 10.6 Å². The van der Waals surface area contributed by atoms with Crippen LogP contribution >= 0.6 is 23.2 Å². The summed E-state index contributed by atoms with van der Waals surface area (Å²) in [5.41, 5.74) is 0.453. The molecular formula is C17H23Cl2N3O2. The minimum atomic E-state index is -0.278. The minimum Gasteiger partial charge on any atom is -0.333 e. The molecule has 2 N–H and O–H groups in total. The molecule has 1 atom stereocenters. The third-order valence-corrected chi connectivity index (χ3v) is 4.82. The lowest BCUT2D eigenvalue weighted by atomic mass is 9.88. The minimum absolute atomic E-state index is 0.0139. The quantitative estimate of drug-likeness (QED) is 0.774. The molecule has 132 valence electrons. The van der Waals surface area contributed by atoms with Gasteiger partial charge in [-0.15, -0.1) is 0 Å². The zero-order valence-corrected chi connectivity index (χ0v) is 15.5. The first kappa shape index (κ1) is 19.0. The number of hydrogen-bond acceptors (Lipinski definition) is 3. The van der Waals surface area contributed by atoms with Crippen LogP contribution in [-0.4, -0.2) is 42.9 Å². The van der Waals surface area contributed by atoms with Crippen LogP contribution in [0, 0.1) is 11.8 Å². The molecule has 24 heavy (non-hydrogen) atoms. The van der Waals surface area contributed by atoms with E-state index in [0.29, 0.717) is 28.2 Å². The Morgan fingerprint density at radius 3 is 2.67 bits per heavy atom. The van der Waals surface area contributed by atoms with Crippen molar-refractivity contribution < 1.29 is 9.59 Å². The van der Waals surface area contributed by atoms with E-state index in [2.05, 4.69) is 10.6 Å². The molecule has 2 rings (SSSR count). The maximum absolute atomic E-state index is 12.6. The van der Waals surface area contributed by atoms with Crippen molar-refractivity contribution in [1.82, 2.24) is 10.2 Å². The van der Waals surface area contributed by atoms with E-state index < -0.39 is 0 Å². The maximum atomic E-state index is 12.6. The average Bonchev–Trinajstić information content (AvgIpc) is 2.48. The number of halogens is 2. The normalized spacial score (nSPS) is 15.5. The van der Waals surface area contributed by atoms with Gasteiger partial charge in [-0.3, -0.25) is 9.59 Å². The highest BCUT2D eigenvalue weighted by Gasteiger charge is 2.32. The van der Waals surface area contributed by atoms with Gasteiger partial charge in [0.15, 0.2) is 0 Å². The number of nitrogens with one attached hydrogen (secondary N) is 2. The number of benzene rings is 1. The number of anilines is 1. The van der Waals surface area contributed by atoms with Gasteiger partial charge in [-0.25, -0.2) is 0 Å². The fourth-order valence-corrected chi connectivity index (χ4v) is 2.98. The van der Waals surface area contributed by atoms with E-state index in [9.17, 15) is 9.59 Å². The van der Waals surface area contributed by atoms with Crippen LogP contribution in [0.25, 0.3) is 0 Å². The van der Waals surface area contributed by atoms with Gasteiger partial charge in [-0.05, 0) is 43.6 Å². The zero-order valence-electron chi connectivity index (χ0n) is 13.9. The number of amides is 2. The van der Waals surface area contributed by atoms with E-state index in [4.69, 9.17) is 23.2 Å². The van der Waals surface area contributed by atoms with Gasteiger partial charge < -0.3 is 15.5 Å². The van der Waals surface area contributed by atoms with Crippen molar-refractivity contribution in [2.24, 2.45) is 11.8 Å². The molecule has 1 aromatic carbocycles. The fraction of sp³-hybridized carbons (Fsp3) is 0.529. The molecule has 1 aliphatic rings. The Bertz CT molecular complexity index is 605. The smallest absolute Gasteiger partial charge is 0.244 e. The topological polar surface area (TPSA) is 61.4 Å². The lowest BCUT2D eigenvalue weighted by Gasteiger charge is -2.34. The molecule has 7 heteroatoms. The van der Waals surface area contributed by atoms with Gasteiger partial charge in [0, 0.05) is 17.5 Å². The number of carbonyl (C=O) groups excluding carboxylic acids is 2. The first-order valence-corrected chi connectivity index (χ1v) is 8.92. The summed E-state index contributed by atoms with van der Waals surface area (Å²) >= 11 is 12.0. The summed E-state index contributed by atoms with van der Waals surface area (Å²) in [5.74, 6) is 0.0123. The Balaban J connectivity index is 1.99. The number of hydrogen-bond donors (Lipinski definition) is 2.